The van der Waals surface area contributed by atoms with Gasteiger partial charge in [0.15, 0.2) is 22.0 Å². The summed E-state index contributed by atoms with van der Waals surface area (Å²) < 4.78 is 60.6. The van der Waals surface area contributed by atoms with E-state index in [2.05, 4.69) is 20.9 Å². The Labute approximate surface area is 237 Å². The molecule has 39 heavy (non-hydrogen) atoms. The van der Waals surface area contributed by atoms with Gasteiger partial charge in [-0.2, -0.15) is 13.2 Å². The maximum Gasteiger partial charge on any atom is 0.434 e. The van der Waals surface area contributed by atoms with Crippen molar-refractivity contribution in [3.05, 3.63) is 88.0 Å². The molecule has 0 unspecified atom stereocenters. The van der Waals surface area contributed by atoms with Crippen molar-refractivity contribution in [2.24, 2.45) is 4.99 Å². The Morgan fingerprint density at radius 2 is 1.90 bits per heavy atom. The van der Waals surface area contributed by atoms with E-state index >= 15 is 0 Å². The fourth-order valence-corrected chi connectivity index (χ4v) is 5.66. The molecule has 206 valence electrons. The van der Waals surface area contributed by atoms with Crippen molar-refractivity contribution in [1.29, 1.82) is 0 Å². The molecule has 1 aromatic heterocycles. The SMILES string of the molecule is CCOC(=O)C1=C(C(F)(F)F)N=c2s/c(=C\c3cc(Br)cc(OC)c3OCC)c(=O)n2[C@H]1c1ccc(Cl)cc1. The quantitative estimate of drug-likeness (QED) is 0.332. The number of carbonyl (C=O) groups is 1. The van der Waals surface area contributed by atoms with E-state index < -0.39 is 35.0 Å². The number of hydrogen-bond acceptors (Lipinski definition) is 7. The van der Waals surface area contributed by atoms with Gasteiger partial charge >= 0.3 is 12.1 Å². The van der Waals surface area contributed by atoms with Gasteiger partial charge in [-0.1, -0.05) is 51.0 Å². The van der Waals surface area contributed by atoms with Crippen LogP contribution < -0.4 is 24.4 Å². The molecule has 2 aromatic carbocycles. The first-order chi connectivity index (χ1) is 18.5. The number of rotatable bonds is 7. The molecule has 1 aliphatic heterocycles. The lowest BCUT2D eigenvalue weighted by Gasteiger charge is -2.26. The third-order valence-electron chi connectivity index (χ3n) is 5.62. The zero-order valence-corrected chi connectivity index (χ0v) is 23.9. The molecule has 0 N–H and O–H groups in total. The van der Waals surface area contributed by atoms with Gasteiger partial charge in [0.2, 0.25) is 0 Å². The fourth-order valence-electron chi connectivity index (χ4n) is 4.09. The highest BCUT2D eigenvalue weighted by Crippen LogP contribution is 2.39. The fraction of sp³-hybridized carbons (Fsp3) is 0.269. The average Bonchev–Trinajstić information content (AvgIpc) is 3.19. The zero-order valence-electron chi connectivity index (χ0n) is 20.8. The van der Waals surface area contributed by atoms with Crippen LogP contribution in [0, 0.1) is 0 Å². The summed E-state index contributed by atoms with van der Waals surface area (Å²) in [5.74, 6) is -0.474. The number of halogens is 5. The van der Waals surface area contributed by atoms with Gasteiger partial charge in [0, 0.05) is 15.1 Å². The van der Waals surface area contributed by atoms with Gasteiger partial charge in [0.05, 0.1) is 36.5 Å². The maximum atomic E-state index is 14.3. The number of ether oxygens (including phenoxy) is 3. The summed E-state index contributed by atoms with van der Waals surface area (Å²) in [7, 11) is 1.46. The molecule has 0 radical (unpaired) electrons. The second-order valence-corrected chi connectivity index (χ2v) is 10.4. The Kier molecular flexibility index (Phi) is 8.57. The summed E-state index contributed by atoms with van der Waals surface area (Å²) in [4.78, 5) is 30.2. The van der Waals surface area contributed by atoms with Gasteiger partial charge in [-0.25, -0.2) is 9.79 Å². The Balaban J connectivity index is 2.06. The van der Waals surface area contributed by atoms with Crippen molar-refractivity contribution < 1.29 is 32.2 Å². The third kappa shape index (κ3) is 5.78. The van der Waals surface area contributed by atoms with Gasteiger partial charge in [-0.15, -0.1) is 0 Å². The Bertz CT molecular complexity index is 1630. The number of methoxy groups -OCH3 is 1. The minimum atomic E-state index is -5.00. The molecule has 1 atom stereocenters. The van der Waals surface area contributed by atoms with E-state index in [-0.39, 0.29) is 21.5 Å². The summed E-state index contributed by atoms with van der Waals surface area (Å²) in [6, 6.07) is 7.75. The van der Waals surface area contributed by atoms with Gasteiger partial charge in [-0.05, 0) is 49.8 Å². The number of esters is 1. The average molecular weight is 646 g/mol. The number of allylic oxidation sites excluding steroid dienone is 1. The lowest BCUT2D eigenvalue weighted by molar-refractivity contribution is -0.140. The van der Waals surface area contributed by atoms with E-state index in [1.807, 2.05) is 0 Å². The normalized spacial score (nSPS) is 15.6. The molecule has 0 aliphatic carbocycles. The Morgan fingerprint density at radius 1 is 1.21 bits per heavy atom. The standard InChI is InChI=1S/C26H21BrClF3N2O5S/c1-4-37-21-14(10-15(27)12-17(21)36-3)11-18-23(34)33-20(13-6-8-16(28)9-7-13)19(24(35)38-5-2)22(26(29,30)31)32-25(33)39-18/h6-12,20H,4-5H2,1-3H3/b18-11-/t20-/m0/s1. The van der Waals surface area contributed by atoms with Gasteiger partial charge in [0.25, 0.3) is 5.56 Å². The van der Waals surface area contributed by atoms with Crippen LogP contribution in [0.5, 0.6) is 11.5 Å². The summed E-state index contributed by atoms with van der Waals surface area (Å²) in [6.45, 7) is 3.38. The minimum Gasteiger partial charge on any atom is -0.493 e. The van der Waals surface area contributed by atoms with Crippen LogP contribution in [0.1, 0.15) is 31.0 Å². The number of benzene rings is 2. The second-order valence-electron chi connectivity index (χ2n) is 8.07. The van der Waals surface area contributed by atoms with Crippen molar-refractivity contribution in [2.75, 3.05) is 20.3 Å². The van der Waals surface area contributed by atoms with Crippen LogP contribution in [0.25, 0.3) is 6.08 Å². The molecule has 0 amide bonds. The second kappa shape index (κ2) is 11.6. The number of carbonyl (C=O) groups excluding carboxylic acids is 1. The lowest BCUT2D eigenvalue weighted by Crippen LogP contribution is -2.41. The van der Waals surface area contributed by atoms with E-state index in [9.17, 15) is 22.8 Å². The number of nitrogens with zero attached hydrogens (tertiary/aromatic N) is 2. The first-order valence-corrected chi connectivity index (χ1v) is 13.5. The molecule has 1 aliphatic rings. The van der Waals surface area contributed by atoms with Gasteiger partial charge in [-0.3, -0.25) is 9.36 Å². The topological polar surface area (TPSA) is 79.1 Å². The number of fused-ring (bicyclic) bond motifs is 1. The first-order valence-electron chi connectivity index (χ1n) is 11.6. The van der Waals surface area contributed by atoms with Crippen LogP contribution in [0.2, 0.25) is 5.02 Å². The third-order valence-corrected chi connectivity index (χ3v) is 7.32. The maximum absolute atomic E-state index is 14.3. The van der Waals surface area contributed by atoms with Crippen molar-refractivity contribution >= 4 is 50.9 Å². The number of thiazole rings is 1. The number of aromatic nitrogens is 1. The van der Waals surface area contributed by atoms with Crippen LogP contribution in [0.3, 0.4) is 0 Å². The summed E-state index contributed by atoms with van der Waals surface area (Å²) >= 11 is 10.2. The van der Waals surface area contributed by atoms with Crippen LogP contribution in [-0.2, 0) is 9.53 Å². The largest absolute Gasteiger partial charge is 0.493 e. The van der Waals surface area contributed by atoms with Gasteiger partial charge in [0.1, 0.15) is 0 Å². The summed E-state index contributed by atoms with van der Waals surface area (Å²) in [5.41, 5.74) is -2.18. The monoisotopic (exact) mass is 644 g/mol. The lowest BCUT2D eigenvalue weighted by atomic mass is 9.95. The van der Waals surface area contributed by atoms with E-state index in [4.69, 9.17) is 25.8 Å². The predicted molar refractivity (Wildman–Crippen MR) is 144 cm³/mol. The molecule has 3 aromatic rings. The number of alkyl halides is 3. The molecular formula is C26H21BrClF3N2O5S. The summed E-state index contributed by atoms with van der Waals surface area (Å²) in [6.07, 6.45) is -3.51. The van der Waals surface area contributed by atoms with Crippen LogP contribution >= 0.6 is 38.9 Å². The highest BCUT2D eigenvalue weighted by molar-refractivity contribution is 9.10. The van der Waals surface area contributed by atoms with Gasteiger partial charge < -0.3 is 14.2 Å². The molecule has 0 bridgehead atoms. The van der Waals surface area contributed by atoms with Crippen LogP contribution in [-0.4, -0.2) is 37.0 Å². The molecule has 0 fully saturated rings. The molecule has 7 nitrogen and oxygen atoms in total. The van der Waals surface area contributed by atoms with Crippen molar-refractivity contribution in [1.82, 2.24) is 4.57 Å². The molecule has 0 spiro atoms. The van der Waals surface area contributed by atoms with Crippen molar-refractivity contribution in [3.63, 3.8) is 0 Å². The molecular weight excluding hydrogens is 625 g/mol. The highest BCUT2D eigenvalue weighted by Gasteiger charge is 2.45. The highest BCUT2D eigenvalue weighted by atomic mass is 79.9. The smallest absolute Gasteiger partial charge is 0.434 e. The van der Waals surface area contributed by atoms with Crippen LogP contribution in [0.4, 0.5) is 13.2 Å². The molecule has 13 heteroatoms. The Morgan fingerprint density at radius 3 is 2.49 bits per heavy atom. The van der Waals surface area contributed by atoms with E-state index in [0.29, 0.717) is 33.2 Å². The summed E-state index contributed by atoms with van der Waals surface area (Å²) in [5, 5.41) is 0.330. The molecule has 2 heterocycles. The molecule has 0 saturated heterocycles. The van der Waals surface area contributed by atoms with Crippen LogP contribution in [0.15, 0.2) is 61.9 Å². The molecule has 4 rings (SSSR count). The van der Waals surface area contributed by atoms with E-state index in [1.54, 1.807) is 19.1 Å². The van der Waals surface area contributed by atoms with E-state index in [0.717, 1.165) is 15.9 Å². The molecule has 0 saturated carbocycles. The predicted octanol–water partition coefficient (Wildman–Crippen LogP) is 5.16. The van der Waals surface area contributed by atoms with E-state index in [1.165, 1.54) is 44.4 Å². The first kappa shape index (κ1) is 28.9. The minimum absolute atomic E-state index is 0.0699. The van der Waals surface area contributed by atoms with Crippen molar-refractivity contribution in [2.45, 2.75) is 26.1 Å². The van der Waals surface area contributed by atoms with Crippen molar-refractivity contribution in [3.8, 4) is 11.5 Å². The Hall–Kier alpha value is -3.09. The zero-order chi connectivity index (χ0) is 28.5. The number of hydrogen-bond donors (Lipinski definition) is 0.